The molecule has 2 N–H and O–H groups in total. The molecule has 6 heterocycles. The van der Waals surface area contributed by atoms with Crippen molar-refractivity contribution in [3.05, 3.63) is 40.4 Å². The molecule has 9 nitrogen and oxygen atoms in total. The summed E-state index contributed by atoms with van der Waals surface area (Å²) in [6.45, 7) is 3.66. The predicted octanol–water partition coefficient (Wildman–Crippen LogP) is 5.32. The van der Waals surface area contributed by atoms with Crippen LogP contribution in [0.1, 0.15) is 37.7 Å². The lowest BCUT2D eigenvalue weighted by molar-refractivity contribution is -0.125. The maximum Gasteiger partial charge on any atom is 0.319 e. The molecule has 1 amide bonds. The van der Waals surface area contributed by atoms with Gasteiger partial charge >= 0.3 is 6.01 Å². The molecule has 0 bridgehead atoms. The lowest BCUT2D eigenvalue weighted by Crippen LogP contribution is -2.61. The normalized spacial score (nSPS) is 22.3. The lowest BCUT2D eigenvalue weighted by Gasteiger charge is -2.45. The van der Waals surface area contributed by atoms with Crippen LogP contribution in [-0.4, -0.2) is 76.6 Å². The Labute approximate surface area is 260 Å². The van der Waals surface area contributed by atoms with Crippen LogP contribution in [0.4, 0.5) is 19.6 Å². The van der Waals surface area contributed by atoms with Crippen molar-refractivity contribution in [2.24, 2.45) is 0 Å². The number of likely N-dealkylation sites (tertiary alicyclic amines) is 1. The lowest BCUT2D eigenvalue weighted by atomic mass is 9.95. The van der Waals surface area contributed by atoms with Crippen LogP contribution in [0.3, 0.4) is 0 Å². The van der Waals surface area contributed by atoms with E-state index in [1.54, 1.807) is 11.0 Å². The van der Waals surface area contributed by atoms with E-state index in [4.69, 9.17) is 27.1 Å². The van der Waals surface area contributed by atoms with Crippen molar-refractivity contribution in [2.45, 2.75) is 49.7 Å². The van der Waals surface area contributed by atoms with Gasteiger partial charge in [-0.3, -0.25) is 9.69 Å². The molecular weight excluding hydrogens is 608 g/mol. The van der Waals surface area contributed by atoms with Crippen molar-refractivity contribution in [1.29, 1.82) is 5.26 Å². The molecule has 4 aliphatic rings. The third-order valence-electron chi connectivity index (χ3n) is 10.1. The van der Waals surface area contributed by atoms with Crippen LogP contribution in [-0.2, 0) is 4.79 Å². The first-order chi connectivity index (χ1) is 21.3. The Bertz CT molecular complexity index is 1900. The minimum atomic E-state index is -0.719. The molecule has 2 unspecified atom stereocenters. The second-order valence-corrected chi connectivity index (χ2v) is 13.6. The number of nitriles is 1. The summed E-state index contributed by atoms with van der Waals surface area (Å²) in [5, 5.41) is 10.7. The average molecular weight is 636 g/mol. The SMILES string of the molecule is N#Cc1c(N)sc2c(F)ccc(-c3c(Cl)cc4c(N5CCC6C5CN6C=O)nc(OCC56CCCN5CCC6)nc4c3F)c12. The number of anilines is 2. The van der Waals surface area contributed by atoms with Crippen LogP contribution in [0.5, 0.6) is 6.01 Å². The van der Waals surface area contributed by atoms with Gasteiger partial charge in [-0.1, -0.05) is 17.7 Å². The molecule has 226 valence electrons. The highest BCUT2D eigenvalue weighted by molar-refractivity contribution is 7.23. The minimum Gasteiger partial charge on any atom is -0.461 e. The largest absolute Gasteiger partial charge is 0.461 e. The standard InChI is InChI=1S/C31H28ClF2N7O2S/c32-19-11-17-26(25(34)24(19)16-3-4-20(33)27-23(16)18(12-35)28(36)44-27)37-30(43-14-31-6-1-8-40(31)9-2-7-31)38-29(17)41-10-5-21-22(41)13-39(21)15-42/h3-4,11,15,21-22H,1-2,5-10,13-14,36H2. The number of carbonyl (C=O) groups excluding carboxylic acids is 1. The molecule has 0 saturated carbocycles. The number of hydrogen-bond donors (Lipinski definition) is 1. The first kappa shape index (κ1) is 27.7. The molecular formula is C31H28ClF2N7O2S. The highest BCUT2D eigenvalue weighted by Crippen LogP contribution is 2.47. The number of hydrogen-bond acceptors (Lipinski definition) is 9. The number of benzene rings is 2. The highest BCUT2D eigenvalue weighted by atomic mass is 35.5. The van der Waals surface area contributed by atoms with Crippen LogP contribution < -0.4 is 15.4 Å². The van der Waals surface area contributed by atoms with Crippen LogP contribution >= 0.6 is 22.9 Å². The zero-order valence-corrected chi connectivity index (χ0v) is 25.2. The molecule has 0 aliphatic carbocycles. The van der Waals surface area contributed by atoms with E-state index in [9.17, 15) is 14.4 Å². The Morgan fingerprint density at radius 1 is 1.20 bits per heavy atom. The fourth-order valence-electron chi connectivity index (χ4n) is 7.90. The van der Waals surface area contributed by atoms with Crippen LogP contribution in [0, 0.1) is 23.0 Å². The van der Waals surface area contributed by atoms with Gasteiger partial charge in [0.15, 0.2) is 5.82 Å². The second kappa shape index (κ2) is 10.1. The summed E-state index contributed by atoms with van der Waals surface area (Å²) in [4.78, 5) is 27.3. The zero-order chi connectivity index (χ0) is 30.3. The summed E-state index contributed by atoms with van der Waals surface area (Å²) in [6, 6.07) is 6.48. The van der Waals surface area contributed by atoms with E-state index in [1.807, 2.05) is 6.07 Å². The van der Waals surface area contributed by atoms with Gasteiger partial charge < -0.3 is 20.3 Å². The molecule has 0 spiro atoms. The monoisotopic (exact) mass is 635 g/mol. The molecule has 2 aromatic carbocycles. The summed E-state index contributed by atoms with van der Waals surface area (Å²) in [6.07, 6.45) is 5.91. The summed E-state index contributed by atoms with van der Waals surface area (Å²) in [7, 11) is 0. The van der Waals surface area contributed by atoms with Crippen LogP contribution in [0.15, 0.2) is 18.2 Å². The predicted molar refractivity (Wildman–Crippen MR) is 165 cm³/mol. The molecule has 8 rings (SSSR count). The van der Waals surface area contributed by atoms with Crippen LogP contribution in [0.2, 0.25) is 5.02 Å². The minimum absolute atomic E-state index is 0.000457. The average Bonchev–Trinajstić information content (AvgIpc) is 3.75. The number of thiophene rings is 1. The van der Waals surface area contributed by atoms with Crippen molar-refractivity contribution in [1.82, 2.24) is 19.8 Å². The van der Waals surface area contributed by atoms with E-state index in [-0.39, 0.29) is 65.9 Å². The first-order valence-corrected chi connectivity index (χ1v) is 16.0. The number of fused-ring (bicyclic) bond motifs is 4. The molecule has 4 aromatic rings. The molecule has 4 saturated heterocycles. The summed E-state index contributed by atoms with van der Waals surface area (Å²) >= 11 is 7.77. The highest BCUT2D eigenvalue weighted by Gasteiger charge is 2.48. The topological polar surface area (TPSA) is 112 Å². The fraction of sp³-hybridized carbons (Fsp3) is 0.419. The molecule has 2 atom stereocenters. The van der Waals surface area contributed by atoms with Gasteiger partial charge in [-0.15, -0.1) is 11.3 Å². The number of amides is 1. The van der Waals surface area contributed by atoms with E-state index in [0.29, 0.717) is 30.9 Å². The molecule has 2 aromatic heterocycles. The Kier molecular flexibility index (Phi) is 6.38. The number of rotatable bonds is 6. The molecule has 13 heteroatoms. The Morgan fingerprint density at radius 2 is 2.00 bits per heavy atom. The first-order valence-electron chi connectivity index (χ1n) is 14.8. The van der Waals surface area contributed by atoms with E-state index in [1.165, 1.54) is 12.1 Å². The molecule has 4 aliphatic heterocycles. The van der Waals surface area contributed by atoms with E-state index < -0.39 is 11.6 Å². The number of aromatic nitrogens is 2. The number of carbonyl (C=O) groups is 1. The number of halogens is 3. The molecule has 44 heavy (non-hydrogen) atoms. The van der Waals surface area contributed by atoms with E-state index in [0.717, 1.165) is 62.9 Å². The summed E-state index contributed by atoms with van der Waals surface area (Å²) < 4.78 is 38.2. The van der Waals surface area contributed by atoms with E-state index >= 15 is 4.39 Å². The number of nitrogens with two attached hydrogens (primary N) is 1. The number of nitrogens with zero attached hydrogens (tertiary/aromatic N) is 6. The van der Waals surface area contributed by atoms with E-state index in [2.05, 4.69) is 14.8 Å². The smallest absolute Gasteiger partial charge is 0.319 e. The maximum atomic E-state index is 16.9. The second-order valence-electron chi connectivity index (χ2n) is 12.2. The van der Waals surface area contributed by atoms with Crippen molar-refractivity contribution in [3.8, 4) is 23.2 Å². The third kappa shape index (κ3) is 3.92. The quantitative estimate of drug-likeness (QED) is 0.283. The van der Waals surface area contributed by atoms with Crippen molar-refractivity contribution < 1.29 is 18.3 Å². The number of ether oxygens (including phenoxy) is 1. The summed E-state index contributed by atoms with van der Waals surface area (Å²) in [5.74, 6) is -0.771. The van der Waals surface area contributed by atoms with Crippen molar-refractivity contribution in [3.63, 3.8) is 0 Å². The molecule has 0 radical (unpaired) electrons. The Hall–Kier alpha value is -3.79. The Morgan fingerprint density at radius 3 is 2.75 bits per heavy atom. The van der Waals surface area contributed by atoms with Gasteiger partial charge in [-0.2, -0.15) is 15.2 Å². The zero-order valence-electron chi connectivity index (χ0n) is 23.7. The van der Waals surface area contributed by atoms with Gasteiger partial charge in [0.2, 0.25) is 6.41 Å². The number of nitrogen functional groups attached to an aromatic ring is 1. The summed E-state index contributed by atoms with van der Waals surface area (Å²) in [5.41, 5.74) is 6.35. The van der Waals surface area contributed by atoms with Gasteiger partial charge in [0.1, 0.15) is 34.8 Å². The molecule has 4 fully saturated rings. The van der Waals surface area contributed by atoms with Gasteiger partial charge in [-0.25, -0.2) is 8.78 Å². The van der Waals surface area contributed by atoms with Gasteiger partial charge in [0.25, 0.3) is 0 Å². The maximum absolute atomic E-state index is 16.9. The van der Waals surface area contributed by atoms with Gasteiger partial charge in [0, 0.05) is 29.4 Å². The van der Waals surface area contributed by atoms with Crippen molar-refractivity contribution >= 4 is 61.2 Å². The van der Waals surface area contributed by atoms with Crippen molar-refractivity contribution in [2.75, 3.05) is 43.4 Å². The van der Waals surface area contributed by atoms with Gasteiger partial charge in [0.05, 0.1) is 32.9 Å². The van der Waals surface area contributed by atoms with Crippen LogP contribution in [0.25, 0.3) is 32.1 Å². The fourth-order valence-corrected chi connectivity index (χ4v) is 9.14. The third-order valence-corrected chi connectivity index (χ3v) is 11.4. The Balaban J connectivity index is 1.29. The van der Waals surface area contributed by atoms with Gasteiger partial charge in [-0.05, 0) is 62.9 Å².